The molecule has 4 unspecified atom stereocenters. The Morgan fingerprint density at radius 1 is 1.32 bits per heavy atom. The van der Waals surface area contributed by atoms with Crippen LogP contribution in [-0.2, 0) is 4.74 Å². The first kappa shape index (κ1) is 12.3. The van der Waals surface area contributed by atoms with E-state index in [0.29, 0.717) is 10.9 Å². The minimum absolute atomic E-state index is 0.295. The van der Waals surface area contributed by atoms with Crippen LogP contribution in [0.2, 0.25) is 0 Å². The van der Waals surface area contributed by atoms with Crippen LogP contribution in [0.4, 0.5) is 0 Å². The molecule has 0 amide bonds. The Morgan fingerprint density at radius 3 is 2.79 bits per heavy atom. The summed E-state index contributed by atoms with van der Waals surface area (Å²) in [4.78, 5) is 16.4. The first-order valence-corrected chi connectivity index (χ1v) is 6.07. The van der Waals surface area contributed by atoms with Gasteiger partial charge in [0.25, 0.3) is 5.56 Å². The molecule has 0 aromatic carbocycles. The van der Waals surface area contributed by atoms with Crippen molar-refractivity contribution in [3.8, 4) is 0 Å². The van der Waals surface area contributed by atoms with Crippen LogP contribution < -0.4 is 5.56 Å². The van der Waals surface area contributed by atoms with Crippen LogP contribution in [0.1, 0.15) is 13.2 Å². The van der Waals surface area contributed by atoms with Gasteiger partial charge in [-0.1, -0.05) is 0 Å². The van der Waals surface area contributed by atoms with E-state index in [9.17, 15) is 15.0 Å². The number of aliphatic hydroxyl groups is 2. The standard InChI is InChI=1S/C13H14N2O4/c1-7-10(16)11(17)13(19-7)15-6-4-9-8(12(15)18)3-2-5-14-9/h2-7,10-11,13,16-17H,1H3. The first-order valence-electron chi connectivity index (χ1n) is 6.07. The Morgan fingerprint density at radius 2 is 2.11 bits per heavy atom. The van der Waals surface area contributed by atoms with E-state index in [1.54, 1.807) is 31.3 Å². The number of pyridine rings is 2. The quantitative estimate of drug-likeness (QED) is 0.757. The minimum atomic E-state index is -1.12. The Labute approximate surface area is 108 Å². The Bertz CT molecular complexity index is 669. The molecule has 3 rings (SSSR count). The number of aliphatic hydroxyl groups excluding tert-OH is 2. The van der Waals surface area contributed by atoms with E-state index in [4.69, 9.17) is 4.74 Å². The lowest BCUT2D eigenvalue weighted by atomic mass is 10.1. The van der Waals surface area contributed by atoms with E-state index >= 15 is 0 Å². The fourth-order valence-corrected chi connectivity index (χ4v) is 2.35. The molecule has 0 radical (unpaired) electrons. The second-order valence-corrected chi connectivity index (χ2v) is 4.68. The fraction of sp³-hybridized carbons (Fsp3) is 0.385. The zero-order valence-electron chi connectivity index (χ0n) is 10.3. The molecule has 0 saturated carbocycles. The SMILES string of the molecule is CC1OC(n2ccc3ncccc3c2=O)C(O)C1O. The Balaban J connectivity index is 2.12. The van der Waals surface area contributed by atoms with E-state index < -0.39 is 24.5 Å². The molecule has 2 aromatic rings. The van der Waals surface area contributed by atoms with Crippen molar-refractivity contribution >= 4 is 10.9 Å². The molecule has 0 spiro atoms. The topological polar surface area (TPSA) is 84.6 Å². The van der Waals surface area contributed by atoms with Crippen molar-refractivity contribution < 1.29 is 14.9 Å². The van der Waals surface area contributed by atoms with Crippen LogP contribution >= 0.6 is 0 Å². The van der Waals surface area contributed by atoms with Crippen molar-refractivity contribution in [3.63, 3.8) is 0 Å². The number of ether oxygens (including phenoxy) is 1. The first-order chi connectivity index (χ1) is 9.09. The van der Waals surface area contributed by atoms with E-state index in [1.165, 1.54) is 10.8 Å². The highest BCUT2D eigenvalue weighted by atomic mass is 16.6. The van der Waals surface area contributed by atoms with Crippen molar-refractivity contribution in [2.24, 2.45) is 0 Å². The van der Waals surface area contributed by atoms with E-state index in [-0.39, 0.29) is 5.56 Å². The zero-order chi connectivity index (χ0) is 13.6. The molecule has 6 heteroatoms. The summed E-state index contributed by atoms with van der Waals surface area (Å²) in [6, 6.07) is 5.03. The number of hydrogen-bond acceptors (Lipinski definition) is 5. The summed E-state index contributed by atoms with van der Waals surface area (Å²) in [7, 11) is 0. The third kappa shape index (κ3) is 1.85. The lowest BCUT2D eigenvalue weighted by Crippen LogP contribution is -2.34. The van der Waals surface area contributed by atoms with Crippen molar-refractivity contribution in [1.29, 1.82) is 0 Å². The number of hydrogen-bond donors (Lipinski definition) is 2. The molecule has 4 atom stereocenters. The average Bonchev–Trinajstić information content (AvgIpc) is 2.67. The zero-order valence-corrected chi connectivity index (χ0v) is 10.3. The second-order valence-electron chi connectivity index (χ2n) is 4.68. The van der Waals surface area contributed by atoms with Gasteiger partial charge in [0.1, 0.15) is 12.2 Å². The molecular formula is C13H14N2O4. The van der Waals surface area contributed by atoms with Gasteiger partial charge in [0.2, 0.25) is 0 Å². The fourth-order valence-electron chi connectivity index (χ4n) is 2.35. The summed E-state index contributed by atoms with van der Waals surface area (Å²) in [5, 5.41) is 20.1. The number of rotatable bonds is 1. The lowest BCUT2D eigenvalue weighted by molar-refractivity contribution is -0.0339. The summed E-state index contributed by atoms with van der Waals surface area (Å²) in [5.74, 6) is 0. The molecule has 2 N–H and O–H groups in total. The smallest absolute Gasteiger partial charge is 0.262 e. The van der Waals surface area contributed by atoms with Gasteiger partial charge in [-0.2, -0.15) is 0 Å². The molecule has 19 heavy (non-hydrogen) atoms. The summed E-state index contributed by atoms with van der Waals surface area (Å²) in [6.45, 7) is 1.65. The molecule has 6 nitrogen and oxygen atoms in total. The third-order valence-electron chi connectivity index (χ3n) is 3.45. The van der Waals surface area contributed by atoms with Crippen molar-refractivity contribution in [1.82, 2.24) is 9.55 Å². The van der Waals surface area contributed by atoms with Crippen LogP contribution in [0.25, 0.3) is 10.9 Å². The molecule has 0 aliphatic carbocycles. The van der Waals surface area contributed by atoms with Crippen LogP contribution in [0, 0.1) is 0 Å². The van der Waals surface area contributed by atoms with Gasteiger partial charge in [0.05, 0.1) is 17.0 Å². The molecule has 3 heterocycles. The third-order valence-corrected chi connectivity index (χ3v) is 3.45. The van der Waals surface area contributed by atoms with Crippen molar-refractivity contribution in [3.05, 3.63) is 40.9 Å². The molecule has 2 aromatic heterocycles. The summed E-state index contributed by atoms with van der Waals surface area (Å²) in [6.07, 6.45) is -0.378. The van der Waals surface area contributed by atoms with Gasteiger partial charge in [0.15, 0.2) is 6.23 Å². The normalized spacial score (nSPS) is 30.9. The molecule has 1 aliphatic heterocycles. The lowest BCUT2D eigenvalue weighted by Gasteiger charge is -2.17. The monoisotopic (exact) mass is 262 g/mol. The molecular weight excluding hydrogens is 248 g/mol. The van der Waals surface area contributed by atoms with Crippen LogP contribution in [0.3, 0.4) is 0 Å². The highest BCUT2D eigenvalue weighted by Gasteiger charge is 2.41. The van der Waals surface area contributed by atoms with Gasteiger partial charge >= 0.3 is 0 Å². The largest absolute Gasteiger partial charge is 0.388 e. The van der Waals surface area contributed by atoms with Gasteiger partial charge < -0.3 is 14.9 Å². The van der Waals surface area contributed by atoms with Crippen LogP contribution in [0.15, 0.2) is 35.4 Å². The molecule has 1 saturated heterocycles. The predicted octanol–water partition coefficient (Wildman–Crippen LogP) is 0.0356. The second kappa shape index (κ2) is 4.41. The number of fused-ring (bicyclic) bond motifs is 1. The van der Waals surface area contributed by atoms with Gasteiger partial charge in [-0.25, -0.2) is 0 Å². The van der Waals surface area contributed by atoms with Gasteiger partial charge in [-0.05, 0) is 25.1 Å². The Hall–Kier alpha value is -1.76. The van der Waals surface area contributed by atoms with Gasteiger partial charge in [-0.15, -0.1) is 0 Å². The van der Waals surface area contributed by atoms with Gasteiger partial charge in [-0.3, -0.25) is 14.3 Å². The Kier molecular flexibility index (Phi) is 2.85. The number of nitrogens with zero attached hydrogens (tertiary/aromatic N) is 2. The minimum Gasteiger partial charge on any atom is -0.388 e. The van der Waals surface area contributed by atoms with Crippen molar-refractivity contribution in [2.75, 3.05) is 0 Å². The summed E-state index contributed by atoms with van der Waals surface area (Å²) >= 11 is 0. The van der Waals surface area contributed by atoms with Gasteiger partial charge in [0, 0.05) is 12.4 Å². The summed E-state index contributed by atoms with van der Waals surface area (Å²) < 4.78 is 6.74. The molecule has 1 aliphatic rings. The van der Waals surface area contributed by atoms with E-state index in [1.807, 2.05) is 0 Å². The maximum absolute atomic E-state index is 12.3. The van der Waals surface area contributed by atoms with E-state index in [2.05, 4.69) is 4.98 Å². The predicted molar refractivity (Wildman–Crippen MR) is 67.6 cm³/mol. The van der Waals surface area contributed by atoms with Crippen LogP contribution in [-0.4, -0.2) is 38.1 Å². The number of aromatic nitrogens is 2. The highest BCUT2D eigenvalue weighted by molar-refractivity contribution is 5.76. The average molecular weight is 262 g/mol. The molecule has 1 fully saturated rings. The van der Waals surface area contributed by atoms with Crippen LogP contribution in [0.5, 0.6) is 0 Å². The maximum atomic E-state index is 12.3. The highest BCUT2D eigenvalue weighted by Crippen LogP contribution is 2.28. The van der Waals surface area contributed by atoms with Crippen molar-refractivity contribution in [2.45, 2.75) is 31.5 Å². The molecule has 0 bridgehead atoms. The summed E-state index contributed by atoms with van der Waals surface area (Å²) in [5.41, 5.74) is 0.292. The maximum Gasteiger partial charge on any atom is 0.262 e. The van der Waals surface area contributed by atoms with E-state index in [0.717, 1.165) is 0 Å². The molecule has 100 valence electrons.